The Kier molecular flexibility index (Phi) is 6.80. The van der Waals surface area contributed by atoms with E-state index in [2.05, 4.69) is 10.3 Å². The molecule has 0 bridgehead atoms. The van der Waals surface area contributed by atoms with Crippen molar-refractivity contribution in [1.82, 2.24) is 4.98 Å². The molecule has 0 fully saturated rings. The van der Waals surface area contributed by atoms with Crippen LogP contribution in [0.4, 0.5) is 15.9 Å². The lowest BCUT2D eigenvalue weighted by molar-refractivity contribution is 0.102. The maximum atomic E-state index is 14.7. The van der Waals surface area contributed by atoms with Crippen LogP contribution in [0.15, 0.2) is 66.7 Å². The van der Waals surface area contributed by atoms with Crippen molar-refractivity contribution in [1.29, 1.82) is 0 Å². The van der Waals surface area contributed by atoms with E-state index in [1.165, 1.54) is 13.2 Å². The summed E-state index contributed by atoms with van der Waals surface area (Å²) < 4.78 is 20.1. The third kappa shape index (κ3) is 4.72. The highest BCUT2D eigenvalue weighted by Gasteiger charge is 2.17. The number of nitrogens with zero attached hydrogens (tertiary/aromatic N) is 1. The van der Waals surface area contributed by atoms with Crippen LogP contribution in [-0.2, 0) is 6.54 Å². The summed E-state index contributed by atoms with van der Waals surface area (Å²) in [6, 6.07) is 19.8. The first-order valence-corrected chi connectivity index (χ1v) is 11.1. The van der Waals surface area contributed by atoms with E-state index in [0.29, 0.717) is 22.6 Å². The van der Waals surface area contributed by atoms with Crippen LogP contribution in [0.25, 0.3) is 22.3 Å². The highest BCUT2D eigenvalue weighted by atomic mass is 19.1. The molecular weight excluding hydrogens is 443 g/mol. The van der Waals surface area contributed by atoms with Gasteiger partial charge < -0.3 is 21.5 Å². The Bertz CT molecular complexity index is 1420. The minimum atomic E-state index is -0.400. The van der Waals surface area contributed by atoms with E-state index in [9.17, 15) is 9.18 Å². The molecule has 1 amide bonds. The molecule has 3 aromatic carbocycles. The number of methoxy groups -OCH3 is 1. The number of aromatic nitrogens is 1. The molecule has 0 saturated carbocycles. The quantitative estimate of drug-likeness (QED) is 0.347. The van der Waals surface area contributed by atoms with Gasteiger partial charge in [-0.05, 0) is 77.6 Å². The van der Waals surface area contributed by atoms with Gasteiger partial charge in [-0.2, -0.15) is 0 Å². The average Bonchev–Trinajstić information content (AvgIpc) is 2.85. The molecule has 5 N–H and O–H groups in total. The topological polar surface area (TPSA) is 103 Å². The zero-order chi connectivity index (χ0) is 25.1. The van der Waals surface area contributed by atoms with Gasteiger partial charge in [0.1, 0.15) is 23.1 Å². The highest BCUT2D eigenvalue weighted by molar-refractivity contribution is 6.04. The number of nitrogens with one attached hydrogen (secondary N) is 1. The second-order valence-corrected chi connectivity index (χ2v) is 8.20. The molecule has 0 aliphatic rings. The number of nitrogens with two attached hydrogens (primary N) is 2. The molecule has 0 spiro atoms. The van der Waals surface area contributed by atoms with Crippen molar-refractivity contribution in [2.75, 3.05) is 18.2 Å². The van der Waals surface area contributed by atoms with Crippen molar-refractivity contribution in [3.05, 3.63) is 94.9 Å². The van der Waals surface area contributed by atoms with Gasteiger partial charge in [0.2, 0.25) is 0 Å². The fourth-order valence-corrected chi connectivity index (χ4v) is 4.21. The monoisotopic (exact) mass is 470 g/mol. The van der Waals surface area contributed by atoms with Crippen molar-refractivity contribution in [3.8, 4) is 28.0 Å². The summed E-state index contributed by atoms with van der Waals surface area (Å²) in [5.41, 5.74) is 18.0. The van der Waals surface area contributed by atoms with Crippen molar-refractivity contribution >= 4 is 17.4 Å². The summed E-state index contributed by atoms with van der Waals surface area (Å²) in [4.78, 5) is 16.8. The fraction of sp³-hybridized carbons (Fsp3) is 0.143. The van der Waals surface area contributed by atoms with Gasteiger partial charge in [-0.1, -0.05) is 36.4 Å². The second kappa shape index (κ2) is 9.95. The Balaban J connectivity index is 1.74. The molecule has 7 heteroatoms. The largest absolute Gasteiger partial charge is 0.496 e. The number of hydrogen-bond acceptors (Lipinski definition) is 5. The Labute approximate surface area is 203 Å². The molecule has 0 unspecified atom stereocenters. The maximum Gasteiger partial charge on any atom is 0.274 e. The third-order valence-electron chi connectivity index (χ3n) is 6.10. The van der Waals surface area contributed by atoms with Crippen molar-refractivity contribution in [2.24, 2.45) is 5.73 Å². The number of rotatable bonds is 6. The van der Waals surface area contributed by atoms with Gasteiger partial charge in [0.15, 0.2) is 0 Å². The Hall–Kier alpha value is -4.23. The molecule has 178 valence electrons. The van der Waals surface area contributed by atoms with E-state index in [0.717, 1.165) is 27.8 Å². The van der Waals surface area contributed by atoms with Crippen LogP contribution in [0.5, 0.6) is 5.75 Å². The van der Waals surface area contributed by atoms with Crippen LogP contribution >= 0.6 is 0 Å². The Morgan fingerprint density at radius 1 is 0.971 bits per heavy atom. The fourth-order valence-electron chi connectivity index (χ4n) is 4.21. The van der Waals surface area contributed by atoms with Gasteiger partial charge in [-0.15, -0.1) is 0 Å². The summed E-state index contributed by atoms with van der Waals surface area (Å²) in [6.07, 6.45) is 0. The van der Waals surface area contributed by atoms with Crippen LogP contribution in [0, 0.1) is 19.7 Å². The summed E-state index contributed by atoms with van der Waals surface area (Å²) >= 11 is 0. The first-order chi connectivity index (χ1) is 16.8. The van der Waals surface area contributed by atoms with E-state index in [4.69, 9.17) is 16.2 Å². The number of amides is 1. The van der Waals surface area contributed by atoms with E-state index in [-0.39, 0.29) is 24.0 Å². The number of hydrogen-bond donors (Lipinski definition) is 3. The predicted octanol–water partition coefficient (Wildman–Crippen LogP) is 5.47. The molecule has 35 heavy (non-hydrogen) atoms. The smallest absolute Gasteiger partial charge is 0.274 e. The first-order valence-electron chi connectivity index (χ1n) is 11.1. The van der Waals surface area contributed by atoms with E-state index in [1.807, 2.05) is 50.2 Å². The van der Waals surface area contributed by atoms with Crippen LogP contribution in [0.1, 0.15) is 27.2 Å². The zero-order valence-corrected chi connectivity index (χ0v) is 19.9. The zero-order valence-electron chi connectivity index (χ0n) is 19.9. The lowest BCUT2D eigenvalue weighted by atomic mass is 9.90. The number of pyridine rings is 1. The number of nitrogen functional groups attached to an aromatic ring is 1. The molecule has 6 nitrogen and oxygen atoms in total. The molecule has 1 heterocycles. The summed E-state index contributed by atoms with van der Waals surface area (Å²) in [5.74, 6) is -0.0419. The number of carbonyl (C=O) groups excluding carboxylic acids is 1. The van der Waals surface area contributed by atoms with Crippen molar-refractivity contribution < 1.29 is 13.9 Å². The third-order valence-corrected chi connectivity index (χ3v) is 6.10. The van der Waals surface area contributed by atoms with Gasteiger partial charge in [0, 0.05) is 17.8 Å². The normalized spacial score (nSPS) is 10.8. The van der Waals surface area contributed by atoms with Gasteiger partial charge in [0.05, 0.1) is 7.11 Å². The van der Waals surface area contributed by atoms with Crippen molar-refractivity contribution in [2.45, 2.75) is 20.4 Å². The number of anilines is 2. The standard InChI is InChI=1S/C28H27FN4O2/c1-16-19(18-13-23(29)22(15-30)26(14-18)35-3)7-4-8-20(16)21-9-5-10-24(17(21)2)33-28(34)25-11-6-12-27(31)32-25/h4-14H,15,30H2,1-3H3,(H2,31,32)(H,33,34). The lowest BCUT2D eigenvalue weighted by Gasteiger charge is -2.17. The minimum Gasteiger partial charge on any atom is -0.496 e. The van der Waals surface area contributed by atoms with Gasteiger partial charge >= 0.3 is 0 Å². The number of halogens is 1. The molecule has 0 saturated heterocycles. The van der Waals surface area contributed by atoms with Gasteiger partial charge in [-0.3, -0.25) is 4.79 Å². The maximum absolute atomic E-state index is 14.7. The molecule has 0 aliphatic carbocycles. The molecule has 4 rings (SSSR count). The van der Waals surface area contributed by atoms with Crippen LogP contribution in [0.3, 0.4) is 0 Å². The summed E-state index contributed by atoms with van der Waals surface area (Å²) in [6.45, 7) is 3.99. The summed E-state index contributed by atoms with van der Waals surface area (Å²) in [5, 5.41) is 2.93. The molecule has 4 aromatic rings. The SMILES string of the molecule is COc1cc(-c2cccc(-c3cccc(NC(=O)c4cccc(N)n4)c3C)c2C)cc(F)c1CN. The van der Waals surface area contributed by atoms with Crippen LogP contribution < -0.4 is 21.5 Å². The lowest BCUT2D eigenvalue weighted by Crippen LogP contribution is -2.15. The number of benzene rings is 3. The Morgan fingerprint density at radius 3 is 2.31 bits per heavy atom. The van der Waals surface area contributed by atoms with E-state index >= 15 is 0 Å². The Morgan fingerprint density at radius 2 is 1.63 bits per heavy atom. The average molecular weight is 471 g/mol. The first kappa shape index (κ1) is 23.9. The van der Waals surface area contributed by atoms with Crippen LogP contribution in [0.2, 0.25) is 0 Å². The van der Waals surface area contributed by atoms with Gasteiger partial charge in [0.25, 0.3) is 5.91 Å². The van der Waals surface area contributed by atoms with Gasteiger partial charge in [-0.25, -0.2) is 9.37 Å². The van der Waals surface area contributed by atoms with E-state index in [1.54, 1.807) is 24.3 Å². The molecule has 1 aromatic heterocycles. The molecular formula is C28H27FN4O2. The second-order valence-electron chi connectivity index (χ2n) is 8.20. The van der Waals surface area contributed by atoms with Crippen LogP contribution in [-0.4, -0.2) is 18.0 Å². The highest BCUT2D eigenvalue weighted by Crippen LogP contribution is 2.37. The predicted molar refractivity (Wildman–Crippen MR) is 138 cm³/mol. The number of ether oxygens (including phenoxy) is 1. The van der Waals surface area contributed by atoms with Crippen molar-refractivity contribution in [3.63, 3.8) is 0 Å². The minimum absolute atomic E-state index is 0.0527. The molecule has 0 aliphatic heterocycles. The molecule has 0 radical (unpaired) electrons. The molecule has 0 atom stereocenters. The van der Waals surface area contributed by atoms with E-state index < -0.39 is 5.82 Å². The summed E-state index contributed by atoms with van der Waals surface area (Å²) in [7, 11) is 1.50. The number of carbonyl (C=O) groups is 1.